The normalized spacial score (nSPS) is 23.1. The average molecular weight is 269 g/mol. The highest BCUT2D eigenvalue weighted by Crippen LogP contribution is 2.24. The average Bonchev–Trinajstić information content (AvgIpc) is 2.73. The van der Waals surface area contributed by atoms with Gasteiger partial charge in [0, 0.05) is 13.1 Å². The number of morpholine rings is 1. The van der Waals surface area contributed by atoms with E-state index in [-0.39, 0.29) is 17.6 Å². The highest BCUT2D eigenvalue weighted by Gasteiger charge is 2.35. The van der Waals surface area contributed by atoms with Crippen molar-refractivity contribution in [3.8, 4) is 0 Å². The van der Waals surface area contributed by atoms with Crippen LogP contribution in [0.3, 0.4) is 0 Å². The van der Waals surface area contributed by atoms with Crippen LogP contribution in [0.4, 0.5) is 0 Å². The Labute approximate surface area is 111 Å². The summed E-state index contributed by atoms with van der Waals surface area (Å²) >= 11 is 1.18. The molecule has 1 aromatic heterocycles. The van der Waals surface area contributed by atoms with Crippen LogP contribution in [-0.2, 0) is 11.2 Å². The van der Waals surface area contributed by atoms with Crippen LogP contribution >= 0.6 is 11.5 Å². The molecule has 1 atom stereocenters. The lowest BCUT2D eigenvalue weighted by Crippen LogP contribution is -2.53. The van der Waals surface area contributed by atoms with Crippen LogP contribution in [0.25, 0.3) is 0 Å². The van der Waals surface area contributed by atoms with Crippen LogP contribution in [0.5, 0.6) is 0 Å². The molecule has 5 nitrogen and oxygen atoms in total. The van der Waals surface area contributed by atoms with Crippen LogP contribution < -0.4 is 0 Å². The van der Waals surface area contributed by atoms with Crippen LogP contribution in [0.2, 0.25) is 0 Å². The van der Waals surface area contributed by atoms with Crippen LogP contribution in [0.1, 0.15) is 43.1 Å². The molecule has 1 aromatic rings. The summed E-state index contributed by atoms with van der Waals surface area (Å²) < 4.78 is 9.68. The topological polar surface area (TPSA) is 55.3 Å². The molecule has 0 spiro atoms. The number of hydrogen-bond donors (Lipinski definition) is 0. The van der Waals surface area contributed by atoms with Crippen molar-refractivity contribution in [1.82, 2.24) is 14.5 Å². The third-order valence-electron chi connectivity index (χ3n) is 2.94. The van der Waals surface area contributed by atoms with Crippen molar-refractivity contribution in [1.29, 1.82) is 0 Å². The Morgan fingerprint density at radius 3 is 2.94 bits per heavy atom. The summed E-state index contributed by atoms with van der Waals surface area (Å²) in [7, 11) is 0. The molecule has 1 aliphatic rings. The molecule has 1 aliphatic heterocycles. The van der Waals surface area contributed by atoms with Gasteiger partial charge < -0.3 is 9.64 Å². The second kappa shape index (κ2) is 4.93. The first kappa shape index (κ1) is 13.4. The van der Waals surface area contributed by atoms with Crippen LogP contribution in [-0.4, -0.2) is 45.2 Å². The highest BCUT2D eigenvalue weighted by molar-refractivity contribution is 7.08. The zero-order chi connectivity index (χ0) is 13.3. The van der Waals surface area contributed by atoms with Gasteiger partial charge in [-0.1, -0.05) is 11.4 Å². The SMILES string of the molecule is CCc1nnsc1C(=O)N1CC(C)OC(C)(C)C1. The van der Waals surface area contributed by atoms with Gasteiger partial charge in [-0.15, -0.1) is 5.10 Å². The molecule has 2 heterocycles. The Hall–Kier alpha value is -1.01. The van der Waals surface area contributed by atoms with Gasteiger partial charge in [0.2, 0.25) is 0 Å². The van der Waals surface area contributed by atoms with E-state index in [9.17, 15) is 4.79 Å². The number of nitrogens with zero attached hydrogens (tertiary/aromatic N) is 3. The summed E-state index contributed by atoms with van der Waals surface area (Å²) in [6, 6.07) is 0. The van der Waals surface area contributed by atoms with E-state index >= 15 is 0 Å². The monoisotopic (exact) mass is 269 g/mol. The maximum atomic E-state index is 12.5. The van der Waals surface area contributed by atoms with Gasteiger partial charge in [0.1, 0.15) is 4.88 Å². The van der Waals surface area contributed by atoms with Gasteiger partial charge in [-0.25, -0.2) is 0 Å². The number of carbonyl (C=O) groups is 1. The van der Waals surface area contributed by atoms with Crippen molar-refractivity contribution in [2.45, 2.75) is 45.8 Å². The number of aryl methyl sites for hydroxylation is 1. The zero-order valence-corrected chi connectivity index (χ0v) is 12.1. The summed E-state index contributed by atoms with van der Waals surface area (Å²) in [6.45, 7) is 9.23. The first-order valence-corrected chi connectivity index (χ1v) is 6.98. The molecule has 0 saturated carbocycles. The molecule has 100 valence electrons. The van der Waals surface area contributed by atoms with E-state index < -0.39 is 0 Å². The van der Waals surface area contributed by atoms with E-state index in [2.05, 4.69) is 9.59 Å². The summed E-state index contributed by atoms with van der Waals surface area (Å²) in [6.07, 6.45) is 0.796. The Bertz CT molecular complexity index is 444. The Balaban J connectivity index is 2.18. The Morgan fingerprint density at radius 1 is 1.61 bits per heavy atom. The second-order valence-corrected chi connectivity index (χ2v) is 6.03. The predicted molar refractivity (Wildman–Crippen MR) is 69.8 cm³/mol. The highest BCUT2D eigenvalue weighted by atomic mass is 32.1. The van der Waals surface area contributed by atoms with Crippen molar-refractivity contribution in [3.05, 3.63) is 10.6 Å². The number of ether oxygens (including phenoxy) is 1. The summed E-state index contributed by atoms with van der Waals surface area (Å²) in [5.74, 6) is 0.0325. The van der Waals surface area contributed by atoms with Gasteiger partial charge in [0.25, 0.3) is 5.91 Å². The van der Waals surface area contributed by atoms with E-state index in [0.717, 1.165) is 12.1 Å². The molecular weight excluding hydrogens is 250 g/mol. The fourth-order valence-electron chi connectivity index (χ4n) is 2.35. The van der Waals surface area contributed by atoms with Crippen molar-refractivity contribution in [3.63, 3.8) is 0 Å². The number of hydrogen-bond acceptors (Lipinski definition) is 5. The molecule has 18 heavy (non-hydrogen) atoms. The molecule has 0 radical (unpaired) electrons. The molecule has 0 aromatic carbocycles. The van der Waals surface area contributed by atoms with E-state index in [1.54, 1.807) is 0 Å². The van der Waals surface area contributed by atoms with Gasteiger partial charge in [-0.05, 0) is 38.7 Å². The summed E-state index contributed by atoms with van der Waals surface area (Å²) in [4.78, 5) is 15.0. The lowest BCUT2D eigenvalue weighted by atomic mass is 10.1. The first-order chi connectivity index (χ1) is 8.43. The maximum absolute atomic E-state index is 12.5. The quantitative estimate of drug-likeness (QED) is 0.820. The zero-order valence-electron chi connectivity index (χ0n) is 11.3. The van der Waals surface area contributed by atoms with Crippen LogP contribution in [0.15, 0.2) is 0 Å². The molecule has 1 saturated heterocycles. The summed E-state index contributed by atoms with van der Waals surface area (Å²) in [5, 5.41) is 4.00. The minimum atomic E-state index is -0.294. The lowest BCUT2D eigenvalue weighted by molar-refractivity contribution is -0.118. The van der Waals surface area contributed by atoms with Crippen LogP contribution in [0, 0.1) is 0 Å². The smallest absolute Gasteiger partial charge is 0.267 e. The molecule has 1 fully saturated rings. The first-order valence-electron chi connectivity index (χ1n) is 6.21. The Kier molecular flexibility index (Phi) is 3.68. The Morgan fingerprint density at radius 2 is 2.33 bits per heavy atom. The third-order valence-corrected chi connectivity index (χ3v) is 3.70. The molecular formula is C12H19N3O2S. The molecule has 1 amide bonds. The lowest BCUT2D eigenvalue weighted by Gasteiger charge is -2.41. The van der Waals surface area contributed by atoms with E-state index in [0.29, 0.717) is 18.0 Å². The fourth-order valence-corrected chi connectivity index (χ4v) is 3.07. The molecule has 2 rings (SSSR count). The number of carbonyl (C=O) groups excluding carboxylic acids is 1. The van der Waals surface area contributed by atoms with E-state index in [1.807, 2.05) is 32.6 Å². The number of rotatable bonds is 2. The molecule has 6 heteroatoms. The van der Waals surface area contributed by atoms with Crippen molar-refractivity contribution in [2.24, 2.45) is 0 Å². The minimum Gasteiger partial charge on any atom is -0.369 e. The fraction of sp³-hybridized carbons (Fsp3) is 0.750. The number of amides is 1. The maximum Gasteiger partial charge on any atom is 0.267 e. The van der Waals surface area contributed by atoms with Gasteiger partial charge in [0.15, 0.2) is 0 Å². The summed E-state index contributed by atoms with van der Waals surface area (Å²) in [5.41, 5.74) is 0.500. The molecule has 0 bridgehead atoms. The largest absolute Gasteiger partial charge is 0.369 e. The van der Waals surface area contributed by atoms with Gasteiger partial charge in [0.05, 0.1) is 17.4 Å². The van der Waals surface area contributed by atoms with Gasteiger partial charge in [-0.2, -0.15) is 0 Å². The van der Waals surface area contributed by atoms with Gasteiger partial charge in [-0.3, -0.25) is 4.79 Å². The van der Waals surface area contributed by atoms with Crippen molar-refractivity contribution < 1.29 is 9.53 Å². The third kappa shape index (κ3) is 2.70. The molecule has 0 aliphatic carbocycles. The van der Waals surface area contributed by atoms with Crippen molar-refractivity contribution >= 4 is 17.4 Å². The number of aromatic nitrogens is 2. The molecule has 1 unspecified atom stereocenters. The minimum absolute atomic E-state index is 0.0325. The van der Waals surface area contributed by atoms with E-state index in [1.165, 1.54) is 11.5 Å². The molecule has 0 N–H and O–H groups in total. The standard InChI is InChI=1S/C12H19N3O2S/c1-5-9-10(18-14-13-9)11(16)15-6-8(2)17-12(3,4)7-15/h8H,5-7H2,1-4H3. The van der Waals surface area contributed by atoms with E-state index in [4.69, 9.17) is 4.74 Å². The second-order valence-electron chi connectivity index (χ2n) is 5.28. The van der Waals surface area contributed by atoms with Gasteiger partial charge >= 0.3 is 0 Å². The predicted octanol–water partition coefficient (Wildman–Crippen LogP) is 1.74. The van der Waals surface area contributed by atoms with Crippen molar-refractivity contribution in [2.75, 3.05) is 13.1 Å².